The van der Waals surface area contributed by atoms with Gasteiger partial charge in [-0.2, -0.15) is 0 Å². The fraction of sp³-hybridized carbons (Fsp3) is 0.100. The molecule has 2 N–H and O–H groups in total. The molecule has 0 aliphatic rings. The van der Waals surface area contributed by atoms with E-state index in [1.165, 1.54) is 0 Å². The number of carboxylic acid groups (broad SMARTS) is 1. The largest absolute Gasteiger partial charge is 0.478 e. The molecule has 14 heavy (non-hydrogen) atoms. The van der Waals surface area contributed by atoms with E-state index in [-0.39, 0.29) is 0 Å². The van der Waals surface area contributed by atoms with Crippen LogP contribution in [0.25, 0.3) is 10.9 Å². The number of carbonyl (C=O) groups is 1. The van der Waals surface area contributed by atoms with E-state index in [1.54, 1.807) is 18.2 Å². The Bertz CT molecular complexity index is 516. The number of aromatic carboxylic acids is 1. The minimum Gasteiger partial charge on any atom is -0.478 e. The molecule has 2 rings (SSSR count). The molecule has 0 spiro atoms. The van der Waals surface area contributed by atoms with Gasteiger partial charge in [-0.3, -0.25) is 0 Å². The van der Waals surface area contributed by atoms with E-state index in [0.717, 1.165) is 21.1 Å². The zero-order valence-electron chi connectivity index (χ0n) is 7.47. The van der Waals surface area contributed by atoms with E-state index in [2.05, 4.69) is 20.9 Å². The molecule has 0 bridgehead atoms. The fourth-order valence-electron chi connectivity index (χ4n) is 1.43. The number of hydrogen-bond donors (Lipinski definition) is 2. The van der Waals surface area contributed by atoms with Crippen molar-refractivity contribution in [2.45, 2.75) is 6.92 Å². The standard InChI is InChI=1S/C10H8BrNO2/c1-5-9(11)7-4-6(10(13)14)2-3-8(7)12-5/h2-4,12H,1H3,(H,13,14). The molecular formula is C10H8BrNO2. The van der Waals surface area contributed by atoms with Crippen molar-refractivity contribution < 1.29 is 9.90 Å². The van der Waals surface area contributed by atoms with Crippen LogP contribution in [0, 0.1) is 6.92 Å². The van der Waals surface area contributed by atoms with E-state index in [0.29, 0.717) is 5.56 Å². The number of hydrogen-bond acceptors (Lipinski definition) is 1. The Hall–Kier alpha value is -1.29. The second-order valence-electron chi connectivity index (χ2n) is 3.13. The summed E-state index contributed by atoms with van der Waals surface area (Å²) in [5.41, 5.74) is 2.25. The second-order valence-corrected chi connectivity index (χ2v) is 3.92. The van der Waals surface area contributed by atoms with Crippen LogP contribution in [-0.4, -0.2) is 16.1 Å². The number of aromatic amines is 1. The van der Waals surface area contributed by atoms with Crippen LogP contribution < -0.4 is 0 Å². The molecular weight excluding hydrogens is 246 g/mol. The molecule has 0 amide bonds. The van der Waals surface area contributed by atoms with E-state index >= 15 is 0 Å². The summed E-state index contributed by atoms with van der Waals surface area (Å²) in [6.07, 6.45) is 0. The van der Waals surface area contributed by atoms with Crippen molar-refractivity contribution in [3.8, 4) is 0 Å². The number of aryl methyl sites for hydroxylation is 1. The molecule has 0 radical (unpaired) electrons. The van der Waals surface area contributed by atoms with Gasteiger partial charge >= 0.3 is 5.97 Å². The molecule has 1 aromatic carbocycles. The van der Waals surface area contributed by atoms with Crippen molar-refractivity contribution in [3.05, 3.63) is 33.9 Å². The first-order valence-corrected chi connectivity index (χ1v) is 4.90. The number of nitrogens with one attached hydrogen (secondary N) is 1. The number of benzene rings is 1. The first-order chi connectivity index (χ1) is 6.59. The Morgan fingerprint density at radius 3 is 2.86 bits per heavy atom. The lowest BCUT2D eigenvalue weighted by atomic mass is 10.1. The second kappa shape index (κ2) is 3.13. The van der Waals surface area contributed by atoms with Crippen LogP contribution in [-0.2, 0) is 0 Å². The molecule has 0 saturated heterocycles. The van der Waals surface area contributed by atoms with Crippen LogP contribution in [0.15, 0.2) is 22.7 Å². The molecule has 0 saturated carbocycles. The van der Waals surface area contributed by atoms with Crippen LogP contribution in [0.2, 0.25) is 0 Å². The molecule has 0 aliphatic carbocycles. The minimum absolute atomic E-state index is 0.303. The van der Waals surface area contributed by atoms with Gasteiger partial charge in [0, 0.05) is 21.1 Å². The van der Waals surface area contributed by atoms with Crippen LogP contribution >= 0.6 is 15.9 Å². The lowest BCUT2D eigenvalue weighted by Gasteiger charge is -1.94. The van der Waals surface area contributed by atoms with E-state index in [4.69, 9.17) is 5.11 Å². The zero-order chi connectivity index (χ0) is 10.3. The maximum atomic E-state index is 10.7. The number of rotatable bonds is 1. The van der Waals surface area contributed by atoms with Crippen LogP contribution in [0.3, 0.4) is 0 Å². The first kappa shape index (κ1) is 9.27. The summed E-state index contributed by atoms with van der Waals surface area (Å²) >= 11 is 3.41. The SMILES string of the molecule is Cc1[nH]c2ccc(C(=O)O)cc2c1Br. The normalized spacial score (nSPS) is 10.7. The summed E-state index contributed by atoms with van der Waals surface area (Å²) < 4.78 is 0.926. The maximum Gasteiger partial charge on any atom is 0.335 e. The smallest absolute Gasteiger partial charge is 0.335 e. The summed E-state index contributed by atoms with van der Waals surface area (Å²) in [6.45, 7) is 1.94. The number of carboxylic acids is 1. The third kappa shape index (κ3) is 1.32. The van der Waals surface area contributed by atoms with E-state index in [9.17, 15) is 4.79 Å². The number of H-pyrrole nitrogens is 1. The zero-order valence-corrected chi connectivity index (χ0v) is 9.05. The molecule has 0 aliphatic heterocycles. The average Bonchev–Trinajstić information content (AvgIpc) is 2.43. The minimum atomic E-state index is -0.905. The summed E-state index contributed by atoms with van der Waals surface area (Å²) in [5, 5.41) is 9.72. The Morgan fingerprint density at radius 2 is 2.21 bits per heavy atom. The predicted molar refractivity (Wildman–Crippen MR) is 57.7 cm³/mol. The van der Waals surface area contributed by atoms with Gasteiger partial charge in [0.1, 0.15) is 0 Å². The van der Waals surface area contributed by atoms with E-state index < -0.39 is 5.97 Å². The Labute approximate surface area is 88.9 Å². The van der Waals surface area contributed by atoms with Gasteiger partial charge in [0.2, 0.25) is 0 Å². The van der Waals surface area contributed by atoms with Gasteiger partial charge in [-0.05, 0) is 41.1 Å². The quantitative estimate of drug-likeness (QED) is 0.821. The molecule has 1 heterocycles. The molecule has 72 valence electrons. The average molecular weight is 254 g/mol. The Kier molecular flexibility index (Phi) is 2.07. The number of halogens is 1. The van der Waals surface area contributed by atoms with Crippen LogP contribution in [0.5, 0.6) is 0 Å². The van der Waals surface area contributed by atoms with Gasteiger partial charge in [0.25, 0.3) is 0 Å². The summed E-state index contributed by atoms with van der Waals surface area (Å²) in [7, 11) is 0. The predicted octanol–water partition coefficient (Wildman–Crippen LogP) is 2.94. The lowest BCUT2D eigenvalue weighted by molar-refractivity contribution is 0.0697. The van der Waals surface area contributed by atoms with Gasteiger partial charge in [-0.15, -0.1) is 0 Å². The van der Waals surface area contributed by atoms with Crippen molar-refractivity contribution in [1.29, 1.82) is 0 Å². The lowest BCUT2D eigenvalue weighted by Crippen LogP contribution is -1.94. The van der Waals surface area contributed by atoms with Crippen molar-refractivity contribution in [2.24, 2.45) is 0 Å². The highest BCUT2D eigenvalue weighted by Crippen LogP contribution is 2.27. The van der Waals surface area contributed by atoms with Gasteiger partial charge in [0.15, 0.2) is 0 Å². The van der Waals surface area contributed by atoms with Crippen molar-refractivity contribution in [1.82, 2.24) is 4.98 Å². The first-order valence-electron chi connectivity index (χ1n) is 4.10. The topological polar surface area (TPSA) is 53.1 Å². The Balaban J connectivity index is 2.76. The summed E-state index contributed by atoms with van der Waals surface area (Å²) in [6, 6.07) is 5.02. The van der Waals surface area contributed by atoms with Gasteiger partial charge < -0.3 is 10.1 Å². The molecule has 1 aromatic heterocycles. The highest BCUT2D eigenvalue weighted by molar-refractivity contribution is 9.10. The summed E-state index contributed by atoms with van der Waals surface area (Å²) in [5.74, 6) is -0.905. The van der Waals surface area contributed by atoms with Crippen LogP contribution in [0.4, 0.5) is 0 Å². The molecule has 0 atom stereocenters. The summed E-state index contributed by atoms with van der Waals surface area (Å²) in [4.78, 5) is 13.9. The third-order valence-corrected chi connectivity index (χ3v) is 3.18. The number of fused-ring (bicyclic) bond motifs is 1. The van der Waals surface area contributed by atoms with Crippen LogP contribution in [0.1, 0.15) is 16.1 Å². The molecule has 0 fully saturated rings. The van der Waals surface area contributed by atoms with Crippen molar-refractivity contribution in [3.63, 3.8) is 0 Å². The van der Waals surface area contributed by atoms with Gasteiger partial charge in [-0.1, -0.05) is 0 Å². The highest BCUT2D eigenvalue weighted by Gasteiger charge is 2.08. The molecule has 4 heteroatoms. The molecule has 3 nitrogen and oxygen atoms in total. The van der Waals surface area contributed by atoms with Gasteiger partial charge in [-0.25, -0.2) is 4.79 Å². The maximum absolute atomic E-state index is 10.7. The van der Waals surface area contributed by atoms with Crippen molar-refractivity contribution >= 4 is 32.8 Å². The monoisotopic (exact) mass is 253 g/mol. The van der Waals surface area contributed by atoms with Crippen molar-refractivity contribution in [2.75, 3.05) is 0 Å². The highest BCUT2D eigenvalue weighted by atomic mass is 79.9. The third-order valence-electron chi connectivity index (χ3n) is 2.15. The fourth-order valence-corrected chi connectivity index (χ4v) is 1.85. The molecule has 0 unspecified atom stereocenters. The Morgan fingerprint density at radius 1 is 1.50 bits per heavy atom. The van der Waals surface area contributed by atoms with E-state index in [1.807, 2.05) is 6.92 Å². The molecule has 2 aromatic rings. The van der Waals surface area contributed by atoms with Gasteiger partial charge in [0.05, 0.1) is 5.56 Å². The number of aromatic nitrogens is 1.